The van der Waals surface area contributed by atoms with Crippen molar-refractivity contribution < 1.29 is 24.8 Å². The summed E-state index contributed by atoms with van der Waals surface area (Å²) in [7, 11) is 0. The third-order valence-corrected chi connectivity index (χ3v) is 1.44. The Morgan fingerprint density at radius 3 is 2.42 bits per heavy atom. The number of hydrogen-bond acceptors (Lipinski definition) is 2. The van der Waals surface area contributed by atoms with Crippen LogP contribution in [0.5, 0.6) is 0 Å². The first kappa shape index (κ1) is 7.82. The minimum absolute atomic E-state index is 0.633. The van der Waals surface area contributed by atoms with E-state index in [4.69, 9.17) is 11.6 Å². The highest BCUT2D eigenvalue weighted by atomic mass is 19.4. The average molecular weight is 181 g/mol. The molecule has 0 spiro atoms. The van der Waals surface area contributed by atoms with Crippen LogP contribution >= 0.6 is 0 Å². The summed E-state index contributed by atoms with van der Waals surface area (Å²) in [5.41, 5.74) is -1.31. The minimum atomic E-state index is -4.72. The fourth-order valence-electron chi connectivity index (χ4n) is 0.841. The quantitative estimate of drug-likeness (QED) is 0.579. The van der Waals surface area contributed by atoms with Crippen LogP contribution < -0.4 is 0 Å². The normalized spacial score (nSPS) is 37.6. The van der Waals surface area contributed by atoms with Crippen LogP contribution in [0.15, 0.2) is 23.8 Å². The monoisotopic (exact) mass is 181 g/mol. The van der Waals surface area contributed by atoms with E-state index in [0.29, 0.717) is 6.08 Å². The molecule has 0 fully saturated rings. The van der Waals surface area contributed by atoms with E-state index in [1.54, 1.807) is 0 Å². The summed E-state index contributed by atoms with van der Waals surface area (Å²) < 4.78 is 43.2. The molecule has 0 heterocycles. The Hall–Kier alpha value is -0.810. The topological polar surface area (TPSA) is 40.5 Å². The number of alkyl halides is 3. The first-order valence-corrected chi connectivity index (χ1v) is 3.12. The summed E-state index contributed by atoms with van der Waals surface area (Å²) in [4.78, 5) is 0. The highest BCUT2D eigenvalue weighted by Gasteiger charge is 2.40. The van der Waals surface area contributed by atoms with Crippen LogP contribution in [0, 0.1) is 0 Å². The van der Waals surface area contributed by atoms with E-state index in [0.717, 1.165) is 12.2 Å². The number of aliphatic hydroxyl groups excluding tert-OH is 1. The fourth-order valence-corrected chi connectivity index (χ4v) is 0.841. The molecule has 0 aromatic rings. The van der Waals surface area contributed by atoms with Gasteiger partial charge < -0.3 is 10.2 Å². The van der Waals surface area contributed by atoms with Crippen LogP contribution in [-0.4, -0.2) is 28.6 Å². The molecule has 0 unspecified atom stereocenters. The Kier molecular flexibility index (Phi) is 1.90. The third-order valence-electron chi connectivity index (χ3n) is 1.44. The molecule has 1 aliphatic rings. The summed E-state index contributed by atoms with van der Waals surface area (Å²) in [5.74, 6) is 0. The summed E-state index contributed by atoms with van der Waals surface area (Å²) in [6.45, 7) is 0. The van der Waals surface area contributed by atoms with Crippen LogP contribution in [0.2, 0.25) is 0 Å². The second-order valence-electron chi connectivity index (χ2n) is 2.31. The maximum Gasteiger partial charge on any atom is 0.415 e. The lowest BCUT2D eigenvalue weighted by Gasteiger charge is -2.22. The van der Waals surface area contributed by atoms with Crippen LogP contribution in [-0.2, 0) is 0 Å². The van der Waals surface area contributed by atoms with Gasteiger partial charge >= 0.3 is 6.18 Å². The zero-order chi connectivity index (χ0) is 10.3. The minimum Gasteiger partial charge on any atom is -0.386 e. The number of allylic oxidation sites excluding steroid dienone is 2. The van der Waals surface area contributed by atoms with Gasteiger partial charge in [0.1, 0.15) is 12.2 Å². The third kappa shape index (κ3) is 1.67. The van der Waals surface area contributed by atoms with E-state index in [-0.39, 0.29) is 0 Å². The van der Waals surface area contributed by atoms with Crippen molar-refractivity contribution in [3.63, 3.8) is 0 Å². The van der Waals surface area contributed by atoms with Gasteiger partial charge in [0.15, 0.2) is 0 Å². The number of rotatable bonds is 0. The molecular formula is C7H7F3O2. The van der Waals surface area contributed by atoms with E-state index in [1.807, 2.05) is 0 Å². The van der Waals surface area contributed by atoms with Crippen LogP contribution in [0.4, 0.5) is 13.2 Å². The van der Waals surface area contributed by atoms with Gasteiger partial charge in [-0.15, -0.1) is 0 Å². The molecule has 2 N–H and O–H groups in total. The Labute approximate surface area is 68.0 Å². The smallest absolute Gasteiger partial charge is 0.386 e. The average Bonchev–Trinajstić information content (AvgIpc) is 1.92. The van der Waals surface area contributed by atoms with Crippen molar-refractivity contribution in [2.75, 3.05) is 0 Å². The molecule has 0 saturated heterocycles. The molecule has 0 amide bonds. The van der Waals surface area contributed by atoms with Crippen molar-refractivity contribution in [3.8, 4) is 0 Å². The summed E-state index contributed by atoms with van der Waals surface area (Å²) in [6, 6.07) is 0. The van der Waals surface area contributed by atoms with E-state index < -0.39 is 23.9 Å². The van der Waals surface area contributed by atoms with E-state index in [9.17, 15) is 13.2 Å². The second kappa shape index (κ2) is 2.91. The van der Waals surface area contributed by atoms with Gasteiger partial charge in [0.2, 0.25) is 0 Å². The molecule has 68 valence electrons. The molecule has 0 aromatic heterocycles. The molecule has 0 aromatic carbocycles. The molecular weight excluding hydrogens is 173 g/mol. The molecule has 1 aliphatic carbocycles. The van der Waals surface area contributed by atoms with Crippen molar-refractivity contribution in [3.05, 3.63) is 23.8 Å². The van der Waals surface area contributed by atoms with E-state index in [1.165, 1.54) is 0 Å². The molecule has 0 bridgehead atoms. The number of aliphatic hydroxyl groups is 2. The van der Waals surface area contributed by atoms with Gasteiger partial charge in [0.05, 0.1) is 6.94 Å². The van der Waals surface area contributed by atoms with E-state index >= 15 is 0 Å². The number of halogens is 3. The van der Waals surface area contributed by atoms with Crippen LogP contribution in [0.25, 0.3) is 0 Å². The van der Waals surface area contributed by atoms with Gasteiger partial charge in [-0.25, -0.2) is 0 Å². The number of hydrogen-bond donors (Lipinski definition) is 2. The predicted octanol–water partition coefficient (Wildman–Crippen LogP) is 0.767. The van der Waals surface area contributed by atoms with Crippen molar-refractivity contribution in [2.24, 2.45) is 0 Å². The highest BCUT2D eigenvalue weighted by Crippen LogP contribution is 2.31. The summed E-state index contributed by atoms with van der Waals surface area (Å²) >= 11 is 0. The maximum absolute atomic E-state index is 12.1. The lowest BCUT2D eigenvalue weighted by atomic mass is 9.99. The largest absolute Gasteiger partial charge is 0.415 e. The zero-order valence-electron chi connectivity index (χ0n) is 6.84. The Balaban J connectivity index is 3.02. The van der Waals surface area contributed by atoms with Gasteiger partial charge in [-0.3, -0.25) is 0 Å². The van der Waals surface area contributed by atoms with E-state index in [2.05, 4.69) is 0 Å². The Morgan fingerprint density at radius 2 is 2.00 bits per heavy atom. The summed E-state index contributed by atoms with van der Waals surface area (Å²) in [5, 5.41) is 17.9. The summed E-state index contributed by atoms with van der Waals surface area (Å²) in [6.07, 6.45) is -7.26. The SMILES string of the molecule is [2H][C@@]1(O)C=CC=C(C(F)(F)F)[C@@H]1O. The van der Waals surface area contributed by atoms with Crippen molar-refractivity contribution in [1.82, 2.24) is 0 Å². The highest BCUT2D eigenvalue weighted by molar-refractivity contribution is 5.28. The van der Waals surface area contributed by atoms with Gasteiger partial charge in [0.25, 0.3) is 0 Å². The van der Waals surface area contributed by atoms with Gasteiger partial charge in [-0.05, 0) is 0 Å². The molecule has 2 nitrogen and oxygen atoms in total. The fraction of sp³-hybridized carbons (Fsp3) is 0.429. The second-order valence-corrected chi connectivity index (χ2v) is 2.31. The zero-order valence-corrected chi connectivity index (χ0v) is 5.84. The molecule has 5 heteroatoms. The van der Waals surface area contributed by atoms with Gasteiger partial charge in [0, 0.05) is 0 Å². The molecule has 12 heavy (non-hydrogen) atoms. The molecule has 0 saturated carbocycles. The molecule has 0 aliphatic heterocycles. The predicted molar refractivity (Wildman–Crippen MR) is 35.3 cm³/mol. The van der Waals surface area contributed by atoms with Crippen LogP contribution in [0.1, 0.15) is 1.37 Å². The van der Waals surface area contributed by atoms with Gasteiger partial charge in [-0.1, -0.05) is 18.2 Å². The van der Waals surface area contributed by atoms with Crippen molar-refractivity contribution in [2.45, 2.75) is 18.4 Å². The van der Waals surface area contributed by atoms with Crippen LogP contribution in [0.3, 0.4) is 0 Å². The maximum atomic E-state index is 12.1. The Bertz CT molecular complexity index is 267. The Morgan fingerprint density at radius 1 is 1.42 bits per heavy atom. The molecule has 1 rings (SSSR count). The molecule has 0 radical (unpaired) electrons. The van der Waals surface area contributed by atoms with Gasteiger partial charge in [-0.2, -0.15) is 13.2 Å². The van der Waals surface area contributed by atoms with Crippen molar-refractivity contribution >= 4 is 0 Å². The first-order chi connectivity index (χ1) is 5.75. The molecule has 2 atom stereocenters. The van der Waals surface area contributed by atoms with Crippen molar-refractivity contribution in [1.29, 1.82) is 0 Å². The standard InChI is InChI=1S/C7H7F3O2/c8-7(9,10)4-2-1-3-5(11)6(4)12/h1-3,5-6,11-12H/t5-,6+/m1/s1/i5D. The lowest BCUT2D eigenvalue weighted by Crippen LogP contribution is -2.34. The lowest BCUT2D eigenvalue weighted by molar-refractivity contribution is -0.112. The first-order valence-electron chi connectivity index (χ1n) is 3.62.